The normalized spacial score (nSPS) is 30.4. The molecule has 2 heterocycles. The number of halogens is 1. The number of aliphatic carboxylic acids is 1. The average molecular weight is 310 g/mol. The first-order valence-corrected chi connectivity index (χ1v) is 7.30. The second-order valence-corrected chi connectivity index (χ2v) is 6.07. The summed E-state index contributed by atoms with van der Waals surface area (Å²) in [6.45, 7) is 1.86. The third kappa shape index (κ3) is 2.51. The van der Waals surface area contributed by atoms with Gasteiger partial charge in [0, 0.05) is 10.7 Å². The number of amides is 1. The Morgan fingerprint density at radius 3 is 2.62 bits per heavy atom. The molecule has 2 saturated heterocycles. The Kier molecular flexibility index (Phi) is 3.63. The van der Waals surface area contributed by atoms with E-state index < -0.39 is 17.8 Å². The third-order valence-electron chi connectivity index (χ3n) is 4.32. The zero-order valence-electron chi connectivity index (χ0n) is 11.5. The van der Waals surface area contributed by atoms with Gasteiger partial charge in [0.25, 0.3) is 0 Å². The van der Waals surface area contributed by atoms with Gasteiger partial charge in [-0.25, -0.2) is 0 Å². The minimum absolute atomic E-state index is 0.296. The fourth-order valence-corrected chi connectivity index (χ4v) is 3.44. The van der Waals surface area contributed by atoms with E-state index in [1.165, 1.54) is 0 Å². The number of carboxylic acids is 1. The molecule has 2 aliphatic rings. The fraction of sp³-hybridized carbons (Fsp3) is 0.467. The highest BCUT2D eigenvalue weighted by Crippen LogP contribution is 2.44. The molecule has 21 heavy (non-hydrogen) atoms. The van der Waals surface area contributed by atoms with Gasteiger partial charge in [0.1, 0.15) is 0 Å². The molecule has 0 radical (unpaired) electrons. The Balaban J connectivity index is 1.81. The predicted octanol–water partition coefficient (Wildman–Crippen LogP) is 2.47. The number of carbonyl (C=O) groups excluding carboxylic acids is 1. The summed E-state index contributed by atoms with van der Waals surface area (Å²) in [5.41, 5.74) is 1.49. The van der Waals surface area contributed by atoms with Crippen LogP contribution in [0.15, 0.2) is 18.2 Å². The molecule has 0 spiro atoms. The van der Waals surface area contributed by atoms with Gasteiger partial charge in [-0.2, -0.15) is 0 Å². The Hall–Kier alpha value is -1.59. The van der Waals surface area contributed by atoms with Crippen molar-refractivity contribution in [2.24, 2.45) is 11.8 Å². The second kappa shape index (κ2) is 5.31. The Morgan fingerprint density at radius 2 is 1.95 bits per heavy atom. The molecule has 4 atom stereocenters. The van der Waals surface area contributed by atoms with E-state index in [1.54, 1.807) is 12.1 Å². The van der Waals surface area contributed by atoms with E-state index >= 15 is 0 Å². The Bertz CT molecular complexity index is 603. The zero-order valence-corrected chi connectivity index (χ0v) is 12.3. The van der Waals surface area contributed by atoms with Crippen LogP contribution in [0.2, 0.25) is 5.02 Å². The molecule has 2 bridgehead atoms. The molecule has 2 fully saturated rings. The highest BCUT2D eigenvalue weighted by Gasteiger charge is 2.55. The number of carbonyl (C=O) groups is 2. The average Bonchev–Trinajstić information content (AvgIpc) is 3.03. The van der Waals surface area contributed by atoms with Crippen molar-refractivity contribution in [3.63, 3.8) is 0 Å². The number of rotatable bonds is 3. The van der Waals surface area contributed by atoms with E-state index in [9.17, 15) is 14.7 Å². The van der Waals surface area contributed by atoms with Crippen LogP contribution in [-0.2, 0) is 14.3 Å². The Morgan fingerprint density at radius 1 is 1.29 bits per heavy atom. The van der Waals surface area contributed by atoms with Crippen molar-refractivity contribution in [3.05, 3.63) is 28.8 Å². The van der Waals surface area contributed by atoms with Crippen molar-refractivity contribution in [3.8, 4) is 0 Å². The number of aryl methyl sites for hydroxylation is 1. The molecule has 0 aromatic heterocycles. The van der Waals surface area contributed by atoms with Crippen molar-refractivity contribution in [1.29, 1.82) is 0 Å². The predicted molar refractivity (Wildman–Crippen MR) is 77.3 cm³/mol. The van der Waals surface area contributed by atoms with Crippen LogP contribution in [-0.4, -0.2) is 29.2 Å². The molecule has 2 aliphatic heterocycles. The van der Waals surface area contributed by atoms with E-state index in [0.29, 0.717) is 17.1 Å². The lowest BCUT2D eigenvalue weighted by Gasteiger charge is -2.24. The van der Waals surface area contributed by atoms with E-state index in [4.69, 9.17) is 16.3 Å². The Labute approximate surface area is 127 Å². The summed E-state index contributed by atoms with van der Waals surface area (Å²) in [6.07, 6.45) is 0.808. The van der Waals surface area contributed by atoms with E-state index in [2.05, 4.69) is 5.32 Å². The highest BCUT2D eigenvalue weighted by atomic mass is 35.5. The summed E-state index contributed by atoms with van der Waals surface area (Å²) in [7, 11) is 0. The number of carboxylic acid groups (broad SMARTS) is 1. The van der Waals surface area contributed by atoms with Gasteiger partial charge in [-0.1, -0.05) is 17.7 Å². The highest BCUT2D eigenvalue weighted by molar-refractivity contribution is 6.31. The molecule has 112 valence electrons. The second-order valence-electron chi connectivity index (χ2n) is 5.63. The first-order chi connectivity index (χ1) is 9.97. The quantitative estimate of drug-likeness (QED) is 0.899. The molecule has 2 N–H and O–H groups in total. The van der Waals surface area contributed by atoms with Crippen LogP contribution in [0.1, 0.15) is 18.4 Å². The smallest absolute Gasteiger partial charge is 0.310 e. The van der Waals surface area contributed by atoms with Gasteiger partial charge in [0.05, 0.1) is 24.0 Å². The molecule has 1 amide bonds. The lowest BCUT2D eigenvalue weighted by Crippen LogP contribution is -2.41. The zero-order chi connectivity index (χ0) is 15.1. The van der Waals surface area contributed by atoms with Crippen LogP contribution in [0.25, 0.3) is 0 Å². The number of nitrogens with one attached hydrogen (secondary N) is 1. The standard InChI is InChI=1S/C15H16ClNO4/c1-7-2-3-8(16)6-9(7)17-14(18)12-10-4-5-11(21-10)13(12)15(19)20/h2-3,6,10-13H,4-5H2,1H3,(H,17,18)(H,19,20)/t10-,11+,12+,13+/m1/s1. The van der Waals surface area contributed by atoms with E-state index in [1.807, 2.05) is 13.0 Å². The lowest BCUT2D eigenvalue weighted by molar-refractivity contribution is -0.147. The molecule has 5 nitrogen and oxygen atoms in total. The fourth-order valence-electron chi connectivity index (χ4n) is 3.27. The molecule has 0 aliphatic carbocycles. The monoisotopic (exact) mass is 309 g/mol. The minimum atomic E-state index is -0.967. The van der Waals surface area contributed by atoms with Gasteiger partial charge < -0.3 is 15.2 Å². The van der Waals surface area contributed by atoms with E-state index in [0.717, 1.165) is 12.0 Å². The van der Waals surface area contributed by atoms with Gasteiger partial charge in [-0.15, -0.1) is 0 Å². The topological polar surface area (TPSA) is 75.6 Å². The number of anilines is 1. The SMILES string of the molecule is Cc1ccc(Cl)cc1NC(=O)[C@@H]1[C@@H](C(=O)O)[C@@H]2CC[C@H]1O2. The first-order valence-electron chi connectivity index (χ1n) is 6.92. The molecule has 6 heteroatoms. The van der Waals surface area contributed by atoms with Crippen LogP contribution in [0.3, 0.4) is 0 Å². The maximum atomic E-state index is 12.5. The van der Waals surface area contributed by atoms with Crippen molar-refractivity contribution >= 4 is 29.2 Å². The maximum absolute atomic E-state index is 12.5. The molecule has 3 rings (SSSR count). The van der Waals surface area contributed by atoms with Gasteiger partial charge in [0.15, 0.2) is 0 Å². The number of fused-ring (bicyclic) bond motifs is 2. The number of benzene rings is 1. The summed E-state index contributed by atoms with van der Waals surface area (Å²) in [4.78, 5) is 23.9. The van der Waals surface area contributed by atoms with Crippen molar-refractivity contribution in [2.45, 2.75) is 32.0 Å². The van der Waals surface area contributed by atoms with Crippen LogP contribution in [0, 0.1) is 18.8 Å². The summed E-state index contributed by atoms with van der Waals surface area (Å²) >= 11 is 5.93. The van der Waals surface area contributed by atoms with Gasteiger partial charge in [-0.3, -0.25) is 9.59 Å². The summed E-state index contributed by atoms with van der Waals surface area (Å²) in [5, 5.41) is 12.7. The van der Waals surface area contributed by atoms with Crippen molar-refractivity contribution in [1.82, 2.24) is 0 Å². The van der Waals surface area contributed by atoms with Crippen LogP contribution in [0.4, 0.5) is 5.69 Å². The first kappa shape index (κ1) is 14.4. The molecule has 0 saturated carbocycles. The third-order valence-corrected chi connectivity index (χ3v) is 4.55. The summed E-state index contributed by atoms with van der Waals surface area (Å²) < 4.78 is 5.60. The van der Waals surface area contributed by atoms with Gasteiger partial charge >= 0.3 is 5.97 Å². The number of hydrogen-bond donors (Lipinski definition) is 2. The largest absolute Gasteiger partial charge is 0.481 e. The summed E-state index contributed by atoms with van der Waals surface area (Å²) in [6, 6.07) is 5.22. The molecule has 1 aromatic rings. The van der Waals surface area contributed by atoms with Gasteiger partial charge in [0.2, 0.25) is 5.91 Å². The molecule has 0 unspecified atom stereocenters. The number of ether oxygens (including phenoxy) is 1. The minimum Gasteiger partial charge on any atom is -0.481 e. The maximum Gasteiger partial charge on any atom is 0.310 e. The number of hydrogen-bond acceptors (Lipinski definition) is 3. The molecular formula is C15H16ClNO4. The lowest BCUT2D eigenvalue weighted by atomic mass is 9.78. The van der Waals surface area contributed by atoms with Crippen LogP contribution < -0.4 is 5.32 Å². The van der Waals surface area contributed by atoms with Crippen LogP contribution >= 0.6 is 11.6 Å². The van der Waals surface area contributed by atoms with Crippen molar-refractivity contribution in [2.75, 3.05) is 5.32 Å². The molecule has 1 aromatic carbocycles. The van der Waals surface area contributed by atoms with Gasteiger partial charge in [-0.05, 0) is 37.5 Å². The van der Waals surface area contributed by atoms with E-state index in [-0.39, 0.29) is 18.1 Å². The van der Waals surface area contributed by atoms with Crippen LogP contribution in [0.5, 0.6) is 0 Å². The summed E-state index contributed by atoms with van der Waals surface area (Å²) in [5.74, 6) is -2.67. The van der Waals surface area contributed by atoms with Crippen molar-refractivity contribution < 1.29 is 19.4 Å². The molecular weight excluding hydrogens is 294 g/mol.